The number of carboxylic acids is 1. The number of fused-ring (bicyclic) bond motifs is 1. The molecule has 0 aliphatic rings. The van der Waals surface area contributed by atoms with Crippen molar-refractivity contribution in [2.24, 2.45) is 0 Å². The van der Waals surface area contributed by atoms with E-state index in [9.17, 15) is 9.59 Å². The quantitative estimate of drug-likeness (QED) is 0.622. The standard InChI is InChI=1S/C11H8ClNO3/c1-5-6-3-2-4-7(12)9(6)13-8(5)10(14)11(15)16/h2-4,13H,1H3,(H,15,16). The fraction of sp³-hybridized carbons (Fsp3) is 0.0909. The highest BCUT2D eigenvalue weighted by Crippen LogP contribution is 2.27. The second-order valence-electron chi connectivity index (χ2n) is 3.42. The molecule has 2 aromatic rings. The van der Waals surface area contributed by atoms with E-state index in [0.29, 0.717) is 16.1 Å². The Labute approximate surface area is 95.8 Å². The van der Waals surface area contributed by atoms with Crippen LogP contribution in [0.4, 0.5) is 0 Å². The Morgan fingerprint density at radius 1 is 1.38 bits per heavy atom. The van der Waals surface area contributed by atoms with E-state index in [1.807, 2.05) is 0 Å². The average Bonchev–Trinajstić information content (AvgIpc) is 2.57. The van der Waals surface area contributed by atoms with Crippen LogP contribution >= 0.6 is 11.6 Å². The Hall–Kier alpha value is -1.81. The van der Waals surface area contributed by atoms with Crippen LogP contribution < -0.4 is 0 Å². The van der Waals surface area contributed by atoms with E-state index in [4.69, 9.17) is 16.7 Å². The normalized spacial score (nSPS) is 10.6. The van der Waals surface area contributed by atoms with Crippen LogP contribution in [0, 0.1) is 6.92 Å². The van der Waals surface area contributed by atoms with E-state index in [1.165, 1.54) is 0 Å². The van der Waals surface area contributed by atoms with Gasteiger partial charge in [0.15, 0.2) is 0 Å². The molecule has 0 amide bonds. The Morgan fingerprint density at radius 2 is 2.06 bits per heavy atom. The number of Topliss-reactive ketones (excluding diaryl/α,β-unsaturated/α-hetero) is 1. The van der Waals surface area contributed by atoms with Crippen LogP contribution in [0.25, 0.3) is 10.9 Å². The number of aromatic amines is 1. The summed E-state index contributed by atoms with van der Waals surface area (Å²) in [6.45, 7) is 1.69. The maximum absolute atomic E-state index is 11.4. The topological polar surface area (TPSA) is 70.2 Å². The molecule has 5 heteroatoms. The van der Waals surface area contributed by atoms with E-state index >= 15 is 0 Å². The number of carbonyl (C=O) groups excluding carboxylic acids is 1. The number of carboxylic acid groups (broad SMARTS) is 1. The van der Waals surface area contributed by atoms with Gasteiger partial charge in [-0.3, -0.25) is 4.79 Å². The lowest BCUT2D eigenvalue weighted by molar-refractivity contribution is -0.131. The third-order valence-electron chi connectivity index (χ3n) is 2.46. The Morgan fingerprint density at radius 3 is 2.62 bits per heavy atom. The van der Waals surface area contributed by atoms with Crippen LogP contribution in [0.2, 0.25) is 5.02 Å². The molecule has 0 radical (unpaired) electrons. The van der Waals surface area contributed by atoms with Crippen molar-refractivity contribution in [3.05, 3.63) is 34.5 Å². The number of aliphatic carboxylic acids is 1. The minimum Gasteiger partial charge on any atom is -0.475 e. The molecule has 2 N–H and O–H groups in total. The number of hydrogen-bond acceptors (Lipinski definition) is 2. The molecule has 0 aliphatic carbocycles. The van der Waals surface area contributed by atoms with Crippen molar-refractivity contribution in [3.8, 4) is 0 Å². The van der Waals surface area contributed by atoms with Gasteiger partial charge in [0.2, 0.25) is 0 Å². The van der Waals surface area contributed by atoms with Crippen molar-refractivity contribution in [2.75, 3.05) is 0 Å². The lowest BCUT2D eigenvalue weighted by atomic mass is 10.1. The van der Waals surface area contributed by atoms with Crippen LogP contribution in [-0.4, -0.2) is 21.8 Å². The maximum atomic E-state index is 11.4. The minimum atomic E-state index is -1.48. The molecular formula is C11H8ClNO3. The number of benzene rings is 1. The molecule has 1 heterocycles. The summed E-state index contributed by atoms with van der Waals surface area (Å²) in [5.74, 6) is -2.43. The van der Waals surface area contributed by atoms with Gasteiger partial charge in [0.05, 0.1) is 16.2 Å². The van der Waals surface area contributed by atoms with Gasteiger partial charge in [-0.2, -0.15) is 0 Å². The zero-order valence-corrected chi connectivity index (χ0v) is 9.13. The number of halogens is 1. The third-order valence-corrected chi connectivity index (χ3v) is 2.78. The monoisotopic (exact) mass is 237 g/mol. The van der Waals surface area contributed by atoms with Crippen molar-refractivity contribution in [1.29, 1.82) is 0 Å². The summed E-state index contributed by atoms with van der Waals surface area (Å²) in [6.07, 6.45) is 0. The molecule has 82 valence electrons. The number of carbonyl (C=O) groups is 2. The van der Waals surface area contributed by atoms with Crippen molar-refractivity contribution >= 4 is 34.3 Å². The first-order valence-corrected chi connectivity index (χ1v) is 4.94. The predicted molar refractivity (Wildman–Crippen MR) is 60.0 cm³/mol. The number of hydrogen-bond donors (Lipinski definition) is 2. The van der Waals surface area contributed by atoms with Crippen LogP contribution in [0.3, 0.4) is 0 Å². The molecule has 16 heavy (non-hydrogen) atoms. The molecule has 0 saturated carbocycles. The number of rotatable bonds is 2. The van der Waals surface area contributed by atoms with Crippen molar-refractivity contribution in [2.45, 2.75) is 6.92 Å². The van der Waals surface area contributed by atoms with Gasteiger partial charge in [0.25, 0.3) is 5.78 Å². The first-order valence-electron chi connectivity index (χ1n) is 4.56. The molecule has 0 saturated heterocycles. The smallest absolute Gasteiger partial charge is 0.378 e. The summed E-state index contributed by atoms with van der Waals surface area (Å²) in [4.78, 5) is 24.7. The zero-order valence-electron chi connectivity index (χ0n) is 8.37. The van der Waals surface area contributed by atoms with Gasteiger partial charge in [-0.05, 0) is 18.6 Å². The summed E-state index contributed by atoms with van der Waals surface area (Å²) >= 11 is 5.94. The highest BCUT2D eigenvalue weighted by atomic mass is 35.5. The minimum absolute atomic E-state index is 0.0793. The summed E-state index contributed by atoms with van der Waals surface area (Å²) in [5, 5.41) is 9.88. The van der Waals surface area contributed by atoms with Crippen molar-refractivity contribution in [3.63, 3.8) is 0 Å². The van der Waals surface area contributed by atoms with Gasteiger partial charge in [0.1, 0.15) is 0 Å². The molecule has 1 aromatic heterocycles. The molecule has 2 rings (SSSR count). The maximum Gasteiger partial charge on any atom is 0.378 e. The first-order chi connectivity index (χ1) is 7.52. The van der Waals surface area contributed by atoms with Crippen LogP contribution in [0.5, 0.6) is 0 Å². The number of aromatic nitrogens is 1. The summed E-state index contributed by atoms with van der Waals surface area (Å²) in [7, 11) is 0. The molecule has 1 aromatic carbocycles. The van der Waals surface area contributed by atoms with Gasteiger partial charge in [-0.15, -0.1) is 0 Å². The van der Waals surface area contributed by atoms with Gasteiger partial charge in [0, 0.05) is 5.39 Å². The SMILES string of the molecule is Cc1c(C(=O)C(=O)O)[nH]c2c(Cl)cccc12. The molecule has 0 spiro atoms. The number of para-hydroxylation sites is 1. The summed E-state index contributed by atoms with van der Waals surface area (Å²) < 4.78 is 0. The number of nitrogens with one attached hydrogen (secondary N) is 1. The number of aryl methyl sites for hydroxylation is 1. The molecule has 0 fully saturated rings. The highest BCUT2D eigenvalue weighted by molar-refractivity contribution is 6.41. The second kappa shape index (κ2) is 3.64. The molecule has 0 atom stereocenters. The fourth-order valence-corrected chi connectivity index (χ4v) is 1.87. The van der Waals surface area contributed by atoms with Crippen LogP contribution in [0.1, 0.15) is 16.1 Å². The van der Waals surface area contributed by atoms with E-state index in [2.05, 4.69) is 4.98 Å². The number of ketones is 1. The Balaban J connectivity index is 2.74. The van der Waals surface area contributed by atoms with E-state index in [-0.39, 0.29) is 5.69 Å². The molecule has 4 nitrogen and oxygen atoms in total. The van der Waals surface area contributed by atoms with E-state index in [1.54, 1.807) is 25.1 Å². The first kappa shape index (κ1) is 10.7. The Bertz CT molecular complexity index is 601. The van der Waals surface area contributed by atoms with Crippen LogP contribution in [-0.2, 0) is 4.79 Å². The third kappa shape index (κ3) is 1.47. The van der Waals surface area contributed by atoms with Gasteiger partial charge in [-0.25, -0.2) is 4.79 Å². The van der Waals surface area contributed by atoms with Gasteiger partial charge < -0.3 is 10.1 Å². The lowest BCUT2D eigenvalue weighted by Crippen LogP contribution is -2.14. The summed E-state index contributed by atoms with van der Waals surface area (Å²) in [5.41, 5.74) is 1.27. The van der Waals surface area contributed by atoms with E-state index < -0.39 is 11.8 Å². The molecule has 0 aliphatic heterocycles. The largest absolute Gasteiger partial charge is 0.475 e. The molecule has 0 unspecified atom stereocenters. The molecular weight excluding hydrogens is 230 g/mol. The molecule has 0 bridgehead atoms. The zero-order chi connectivity index (χ0) is 11.9. The average molecular weight is 238 g/mol. The fourth-order valence-electron chi connectivity index (χ4n) is 1.65. The van der Waals surface area contributed by atoms with Gasteiger partial charge in [-0.1, -0.05) is 23.7 Å². The number of H-pyrrole nitrogens is 1. The van der Waals surface area contributed by atoms with Crippen LogP contribution in [0.15, 0.2) is 18.2 Å². The van der Waals surface area contributed by atoms with Gasteiger partial charge >= 0.3 is 5.97 Å². The lowest BCUT2D eigenvalue weighted by Gasteiger charge is -1.93. The highest BCUT2D eigenvalue weighted by Gasteiger charge is 2.21. The van der Waals surface area contributed by atoms with Crippen molar-refractivity contribution in [1.82, 2.24) is 4.98 Å². The summed E-state index contributed by atoms with van der Waals surface area (Å²) in [6, 6.07) is 5.21. The van der Waals surface area contributed by atoms with Crippen molar-refractivity contribution < 1.29 is 14.7 Å². The Kier molecular flexibility index (Phi) is 2.44. The predicted octanol–water partition coefficient (Wildman–Crippen LogP) is 2.40. The second-order valence-corrected chi connectivity index (χ2v) is 3.83. The van der Waals surface area contributed by atoms with E-state index in [0.717, 1.165) is 5.39 Å².